The Bertz CT molecular complexity index is 1420. The number of aryl methyl sites for hydroxylation is 1. The number of halogens is 2. The largest absolute Gasteiger partial charge is 0.443 e. The Balaban J connectivity index is 1.69. The topological polar surface area (TPSA) is 95.9 Å². The number of aromatic nitrogens is 2. The summed E-state index contributed by atoms with van der Waals surface area (Å²) < 4.78 is 48.2. The molecule has 0 atom stereocenters. The molecule has 0 unspecified atom stereocenters. The van der Waals surface area contributed by atoms with Gasteiger partial charge in [0.25, 0.3) is 10.0 Å². The van der Waals surface area contributed by atoms with Crippen LogP contribution in [0.4, 0.5) is 26.4 Å². The third-order valence-electron chi connectivity index (χ3n) is 5.84. The highest BCUT2D eigenvalue weighted by Gasteiger charge is 2.38. The SMILES string of the molecule is Cc1ccc(S(=O)(=O)N(C(=O)OC(C)(C)C)c2cncnc2N2CCN(c3ccc(Cl)cc3F)CC2)cc1. The van der Waals surface area contributed by atoms with E-state index in [0.717, 1.165) is 5.56 Å². The fraction of sp³-hybridized carbons (Fsp3) is 0.346. The lowest BCUT2D eigenvalue weighted by Gasteiger charge is -2.38. The van der Waals surface area contributed by atoms with E-state index < -0.39 is 27.5 Å². The van der Waals surface area contributed by atoms with Crippen LogP contribution in [0.25, 0.3) is 0 Å². The van der Waals surface area contributed by atoms with Gasteiger partial charge in [0.05, 0.1) is 16.8 Å². The van der Waals surface area contributed by atoms with E-state index in [9.17, 15) is 17.6 Å². The summed E-state index contributed by atoms with van der Waals surface area (Å²) in [5.41, 5.74) is 0.302. The minimum Gasteiger partial charge on any atom is -0.443 e. The summed E-state index contributed by atoms with van der Waals surface area (Å²) in [7, 11) is -4.39. The highest BCUT2D eigenvalue weighted by molar-refractivity contribution is 7.93. The van der Waals surface area contributed by atoms with Gasteiger partial charge in [-0.25, -0.2) is 27.6 Å². The van der Waals surface area contributed by atoms with Gasteiger partial charge in [-0.15, -0.1) is 0 Å². The molecule has 2 heterocycles. The number of rotatable bonds is 5. The number of piperazine rings is 1. The van der Waals surface area contributed by atoms with Gasteiger partial charge >= 0.3 is 6.09 Å². The second kappa shape index (κ2) is 10.7. The van der Waals surface area contributed by atoms with E-state index in [-0.39, 0.29) is 16.4 Å². The standard InChI is InChI=1S/C26H29ClFN5O4S/c1-18-5-8-20(9-6-18)38(35,36)33(25(34)37-26(2,3)4)23-16-29-17-30-24(23)32-13-11-31(12-14-32)22-10-7-19(27)15-21(22)28/h5-10,15-17H,11-14H2,1-4H3. The van der Waals surface area contributed by atoms with E-state index in [2.05, 4.69) is 9.97 Å². The van der Waals surface area contributed by atoms with Crippen molar-refractivity contribution in [3.05, 3.63) is 71.4 Å². The van der Waals surface area contributed by atoms with Crippen LogP contribution in [-0.2, 0) is 14.8 Å². The van der Waals surface area contributed by atoms with Crippen LogP contribution in [0.2, 0.25) is 5.02 Å². The summed E-state index contributed by atoms with van der Waals surface area (Å²) >= 11 is 5.89. The summed E-state index contributed by atoms with van der Waals surface area (Å²) in [5.74, 6) is -0.174. The molecule has 0 aliphatic carbocycles. The lowest BCUT2D eigenvalue weighted by atomic mass is 10.2. The molecule has 202 valence electrons. The van der Waals surface area contributed by atoms with Gasteiger partial charge in [0, 0.05) is 31.2 Å². The zero-order valence-corrected chi connectivity index (χ0v) is 23.1. The first kappa shape index (κ1) is 27.6. The summed E-state index contributed by atoms with van der Waals surface area (Å²) in [4.78, 5) is 25.4. The highest BCUT2D eigenvalue weighted by Crippen LogP contribution is 2.34. The van der Waals surface area contributed by atoms with Crippen LogP contribution in [0.1, 0.15) is 26.3 Å². The molecule has 0 radical (unpaired) electrons. The zero-order chi connectivity index (χ0) is 27.7. The average molecular weight is 562 g/mol. The smallest absolute Gasteiger partial charge is 0.429 e. The molecule has 0 N–H and O–H groups in total. The van der Waals surface area contributed by atoms with Gasteiger partial charge in [0.1, 0.15) is 23.4 Å². The van der Waals surface area contributed by atoms with E-state index in [4.69, 9.17) is 16.3 Å². The van der Waals surface area contributed by atoms with Crippen LogP contribution in [0.15, 0.2) is 59.9 Å². The molecular weight excluding hydrogens is 533 g/mol. The van der Waals surface area contributed by atoms with E-state index in [1.165, 1.54) is 30.7 Å². The van der Waals surface area contributed by atoms with E-state index >= 15 is 0 Å². The van der Waals surface area contributed by atoms with Gasteiger partial charge in [-0.2, -0.15) is 4.31 Å². The Morgan fingerprint density at radius 2 is 1.68 bits per heavy atom. The molecule has 1 aliphatic heterocycles. The molecule has 38 heavy (non-hydrogen) atoms. The van der Waals surface area contributed by atoms with E-state index in [0.29, 0.717) is 41.2 Å². The molecule has 1 aliphatic rings. The molecule has 1 fully saturated rings. The number of hydrogen-bond donors (Lipinski definition) is 0. The number of sulfonamides is 1. The number of anilines is 3. The fourth-order valence-corrected chi connectivity index (χ4v) is 5.52. The number of hydrogen-bond acceptors (Lipinski definition) is 8. The molecule has 0 spiro atoms. The molecule has 12 heteroatoms. The van der Waals surface area contributed by atoms with Crippen LogP contribution in [-0.4, -0.2) is 56.3 Å². The number of carbonyl (C=O) groups is 1. The Morgan fingerprint density at radius 3 is 2.29 bits per heavy atom. The van der Waals surface area contributed by atoms with Crippen molar-refractivity contribution >= 4 is 44.9 Å². The maximum absolute atomic E-state index is 14.5. The Hall–Kier alpha value is -3.44. The molecule has 1 saturated heterocycles. The lowest BCUT2D eigenvalue weighted by Crippen LogP contribution is -2.48. The lowest BCUT2D eigenvalue weighted by molar-refractivity contribution is 0.0608. The van der Waals surface area contributed by atoms with Crippen molar-refractivity contribution in [3.8, 4) is 0 Å². The minimum absolute atomic E-state index is 0.0338. The quantitative estimate of drug-likeness (QED) is 0.428. The molecule has 3 aromatic rings. The second-order valence-electron chi connectivity index (χ2n) is 9.86. The molecule has 9 nitrogen and oxygen atoms in total. The second-order valence-corrected chi connectivity index (χ2v) is 12.1. The molecular formula is C26H29ClFN5O4S. The van der Waals surface area contributed by atoms with Gasteiger partial charge in [-0.05, 0) is 58.0 Å². The van der Waals surface area contributed by atoms with Gasteiger partial charge in [-0.1, -0.05) is 29.3 Å². The van der Waals surface area contributed by atoms with Gasteiger partial charge < -0.3 is 14.5 Å². The van der Waals surface area contributed by atoms with Gasteiger partial charge in [-0.3, -0.25) is 0 Å². The third kappa shape index (κ3) is 5.99. The highest BCUT2D eigenvalue weighted by atomic mass is 35.5. The van der Waals surface area contributed by atoms with Crippen molar-refractivity contribution in [1.29, 1.82) is 0 Å². The molecule has 2 aromatic carbocycles. The normalized spacial score (nSPS) is 14.4. The first-order valence-electron chi connectivity index (χ1n) is 12.0. The maximum atomic E-state index is 14.5. The van der Waals surface area contributed by atoms with Gasteiger partial charge in [0.15, 0.2) is 5.82 Å². The zero-order valence-electron chi connectivity index (χ0n) is 21.6. The van der Waals surface area contributed by atoms with E-state index in [1.807, 2.05) is 16.7 Å². The molecule has 1 aromatic heterocycles. The number of nitrogens with zero attached hydrogens (tertiary/aromatic N) is 5. The van der Waals surface area contributed by atoms with E-state index in [1.54, 1.807) is 45.0 Å². The Labute approximate surface area is 226 Å². The van der Waals surface area contributed by atoms with Crippen molar-refractivity contribution in [1.82, 2.24) is 9.97 Å². The average Bonchev–Trinajstić information content (AvgIpc) is 2.84. The Kier molecular flexibility index (Phi) is 7.80. The first-order chi connectivity index (χ1) is 17.9. The Morgan fingerprint density at radius 1 is 1.05 bits per heavy atom. The third-order valence-corrected chi connectivity index (χ3v) is 7.77. The van der Waals surface area contributed by atoms with Crippen molar-refractivity contribution in [2.24, 2.45) is 0 Å². The first-order valence-corrected chi connectivity index (χ1v) is 13.8. The number of amides is 1. The number of benzene rings is 2. The van der Waals surface area contributed by atoms with Crippen molar-refractivity contribution < 1.29 is 22.3 Å². The minimum atomic E-state index is -4.39. The van der Waals surface area contributed by atoms with Crippen LogP contribution < -0.4 is 14.1 Å². The molecule has 4 rings (SSSR count). The molecule has 0 bridgehead atoms. The summed E-state index contributed by atoms with van der Waals surface area (Å²) in [6.07, 6.45) is 1.50. The van der Waals surface area contributed by atoms with Crippen molar-refractivity contribution in [3.63, 3.8) is 0 Å². The van der Waals surface area contributed by atoms with Crippen LogP contribution in [0.3, 0.4) is 0 Å². The molecule has 1 amide bonds. The van der Waals surface area contributed by atoms with Crippen LogP contribution in [0.5, 0.6) is 0 Å². The summed E-state index contributed by atoms with van der Waals surface area (Å²) in [6.45, 7) is 8.42. The van der Waals surface area contributed by atoms with Gasteiger partial charge in [0.2, 0.25) is 0 Å². The van der Waals surface area contributed by atoms with Crippen molar-refractivity contribution in [2.75, 3.05) is 40.3 Å². The maximum Gasteiger partial charge on any atom is 0.429 e. The predicted octanol–water partition coefficient (Wildman–Crippen LogP) is 5.03. The van der Waals surface area contributed by atoms with Crippen molar-refractivity contribution in [2.45, 2.75) is 38.2 Å². The summed E-state index contributed by atoms with van der Waals surface area (Å²) in [6, 6.07) is 10.7. The molecule has 0 saturated carbocycles. The van der Waals surface area contributed by atoms with Crippen LogP contribution in [0, 0.1) is 12.7 Å². The monoisotopic (exact) mass is 561 g/mol. The fourth-order valence-electron chi connectivity index (χ4n) is 4.04. The van der Waals surface area contributed by atoms with Crippen LogP contribution >= 0.6 is 11.6 Å². The number of ether oxygens (including phenoxy) is 1. The number of carbonyl (C=O) groups excluding carboxylic acids is 1. The predicted molar refractivity (Wildman–Crippen MR) is 145 cm³/mol. The summed E-state index contributed by atoms with van der Waals surface area (Å²) in [5, 5.41) is 0.313.